The number of alkyl halides is 2. The fourth-order valence-electron chi connectivity index (χ4n) is 1.84. The van der Waals surface area contributed by atoms with E-state index in [0.717, 1.165) is 5.39 Å². The topological polar surface area (TPSA) is 42.2 Å². The Balaban J connectivity index is 2.29. The summed E-state index contributed by atoms with van der Waals surface area (Å²) in [5, 5.41) is 3.70. The van der Waals surface area contributed by atoms with Crippen LogP contribution in [-0.4, -0.2) is 23.2 Å². The Morgan fingerprint density at radius 2 is 2.00 bits per heavy atom. The minimum Gasteiger partial charge on any atom is -0.463 e. The number of halogens is 2. The molecule has 1 N–H and O–H groups in total. The van der Waals surface area contributed by atoms with Crippen molar-refractivity contribution in [2.45, 2.75) is 18.9 Å². The molecule has 0 unspecified atom stereocenters. The molecular weight excluding hydrogens is 285 g/mol. The Morgan fingerprint density at radius 3 is 2.63 bits per heavy atom. The first-order valence-electron chi connectivity index (χ1n) is 6.06. The molecule has 5 heteroatoms. The summed E-state index contributed by atoms with van der Waals surface area (Å²) in [6.07, 6.45) is 2.13. The minimum atomic E-state index is -0.585. The summed E-state index contributed by atoms with van der Waals surface area (Å²) >= 11 is 11.9. The summed E-state index contributed by atoms with van der Waals surface area (Å²) in [4.78, 5) is 12.3. The molecule has 0 fully saturated rings. The molecule has 0 radical (unpaired) electrons. The zero-order valence-corrected chi connectivity index (χ0v) is 12.1. The number of carbonyl (C=O) groups is 1. The number of rotatable bonds is 5. The number of hydrogen-bond acceptors (Lipinski definition) is 2. The lowest BCUT2D eigenvalue weighted by atomic mass is 10.0. The maximum absolute atomic E-state index is 12.3. The fourth-order valence-corrected chi connectivity index (χ4v) is 2.64. The smallest absolute Gasteiger partial charge is 0.255 e. The first kappa shape index (κ1) is 14.2. The summed E-state index contributed by atoms with van der Waals surface area (Å²) in [6, 6.07) is 7.40. The van der Waals surface area contributed by atoms with Crippen LogP contribution in [0, 0.1) is 0 Å². The Kier molecular flexibility index (Phi) is 4.38. The molecule has 1 aromatic carbocycles. The number of hydrogen-bond donors (Lipinski definition) is 1. The van der Waals surface area contributed by atoms with Crippen LogP contribution in [-0.2, 0) is 0 Å². The molecule has 2 rings (SSSR count). The van der Waals surface area contributed by atoms with Gasteiger partial charge in [0.2, 0.25) is 0 Å². The average Bonchev–Trinajstić information content (AvgIpc) is 2.89. The van der Waals surface area contributed by atoms with Crippen molar-refractivity contribution in [3.05, 3.63) is 36.1 Å². The lowest BCUT2D eigenvalue weighted by molar-refractivity contribution is 0.0914. The number of benzene rings is 1. The van der Waals surface area contributed by atoms with Crippen molar-refractivity contribution in [3.63, 3.8) is 0 Å². The summed E-state index contributed by atoms with van der Waals surface area (Å²) in [5.41, 5.74) is 0.605. The molecule has 102 valence electrons. The van der Waals surface area contributed by atoms with Crippen molar-refractivity contribution >= 4 is 40.1 Å². The molecule has 0 aliphatic rings. The predicted octanol–water partition coefficient (Wildman–Crippen LogP) is 3.79. The molecule has 0 spiro atoms. The van der Waals surface area contributed by atoms with Crippen molar-refractivity contribution in [1.29, 1.82) is 0 Å². The van der Waals surface area contributed by atoms with E-state index in [1.807, 2.05) is 31.2 Å². The van der Waals surface area contributed by atoms with E-state index >= 15 is 0 Å². The van der Waals surface area contributed by atoms with E-state index in [2.05, 4.69) is 5.32 Å². The Morgan fingerprint density at radius 1 is 1.32 bits per heavy atom. The van der Waals surface area contributed by atoms with Gasteiger partial charge in [0, 0.05) is 17.1 Å². The van der Waals surface area contributed by atoms with Gasteiger partial charge in [0.1, 0.15) is 11.8 Å². The zero-order valence-electron chi connectivity index (χ0n) is 10.6. The Bertz CT molecular complexity index is 567. The summed E-state index contributed by atoms with van der Waals surface area (Å²) in [7, 11) is 0. The summed E-state index contributed by atoms with van der Waals surface area (Å²) < 4.78 is 5.36. The van der Waals surface area contributed by atoms with Crippen molar-refractivity contribution in [3.8, 4) is 0 Å². The molecule has 3 nitrogen and oxygen atoms in total. The van der Waals surface area contributed by atoms with Gasteiger partial charge in [-0.15, -0.1) is 23.2 Å². The molecule has 0 saturated carbocycles. The molecular formula is C14H15Cl2NO2. The van der Waals surface area contributed by atoms with Gasteiger partial charge in [-0.2, -0.15) is 0 Å². The highest BCUT2D eigenvalue weighted by Crippen LogP contribution is 2.22. The van der Waals surface area contributed by atoms with E-state index in [9.17, 15) is 4.79 Å². The molecule has 1 amide bonds. The molecule has 0 atom stereocenters. The van der Waals surface area contributed by atoms with Crippen LogP contribution in [0.4, 0.5) is 0 Å². The van der Waals surface area contributed by atoms with Crippen LogP contribution in [0.15, 0.2) is 34.9 Å². The predicted molar refractivity (Wildman–Crippen MR) is 78.1 cm³/mol. The molecule has 1 heterocycles. The van der Waals surface area contributed by atoms with E-state index in [0.29, 0.717) is 17.6 Å². The normalized spacial score (nSPS) is 11.7. The third-order valence-corrected chi connectivity index (χ3v) is 4.32. The van der Waals surface area contributed by atoms with E-state index in [1.54, 1.807) is 0 Å². The van der Waals surface area contributed by atoms with Gasteiger partial charge < -0.3 is 9.73 Å². The number of para-hydroxylation sites is 1. The highest BCUT2D eigenvalue weighted by Gasteiger charge is 2.29. The average molecular weight is 300 g/mol. The highest BCUT2D eigenvalue weighted by molar-refractivity contribution is 6.22. The lowest BCUT2D eigenvalue weighted by Crippen LogP contribution is -2.51. The summed E-state index contributed by atoms with van der Waals surface area (Å²) in [6.45, 7) is 1.94. The van der Waals surface area contributed by atoms with Gasteiger partial charge in [-0.3, -0.25) is 4.79 Å². The van der Waals surface area contributed by atoms with E-state index in [4.69, 9.17) is 27.6 Å². The summed E-state index contributed by atoms with van der Waals surface area (Å²) in [5.74, 6) is 0.330. The highest BCUT2D eigenvalue weighted by atomic mass is 35.5. The van der Waals surface area contributed by atoms with Gasteiger partial charge in [-0.05, 0) is 12.5 Å². The standard InChI is InChI=1S/C14H15Cl2NO2/c1-2-14(8-15,9-16)17-13(18)11-7-19-12-6-4-3-5-10(11)12/h3-7H,2,8-9H2,1H3,(H,17,18). The maximum Gasteiger partial charge on any atom is 0.255 e. The Hall–Kier alpha value is -1.19. The van der Waals surface area contributed by atoms with Crippen molar-refractivity contribution in [2.75, 3.05) is 11.8 Å². The van der Waals surface area contributed by atoms with Crippen molar-refractivity contribution < 1.29 is 9.21 Å². The molecule has 0 aliphatic heterocycles. The van der Waals surface area contributed by atoms with E-state index < -0.39 is 5.54 Å². The Labute approximate surface area is 121 Å². The van der Waals surface area contributed by atoms with E-state index in [-0.39, 0.29) is 17.7 Å². The second-order valence-electron chi connectivity index (χ2n) is 4.50. The van der Waals surface area contributed by atoms with Gasteiger partial charge in [-0.25, -0.2) is 0 Å². The first-order chi connectivity index (χ1) is 9.15. The van der Waals surface area contributed by atoms with Gasteiger partial charge >= 0.3 is 0 Å². The van der Waals surface area contributed by atoms with Crippen LogP contribution in [0.25, 0.3) is 11.0 Å². The van der Waals surface area contributed by atoms with Crippen LogP contribution in [0.1, 0.15) is 23.7 Å². The van der Waals surface area contributed by atoms with Gasteiger partial charge in [-0.1, -0.05) is 25.1 Å². The zero-order chi connectivity index (χ0) is 13.9. The van der Waals surface area contributed by atoms with Crippen LogP contribution in [0.5, 0.6) is 0 Å². The third kappa shape index (κ3) is 2.72. The van der Waals surface area contributed by atoms with Crippen LogP contribution in [0.3, 0.4) is 0 Å². The molecule has 2 aromatic rings. The number of carbonyl (C=O) groups excluding carboxylic acids is 1. The van der Waals surface area contributed by atoms with Gasteiger partial charge in [0.05, 0.1) is 11.1 Å². The minimum absolute atomic E-state index is 0.215. The molecule has 0 saturated heterocycles. The number of nitrogens with one attached hydrogen (secondary N) is 1. The maximum atomic E-state index is 12.3. The molecule has 0 bridgehead atoms. The largest absolute Gasteiger partial charge is 0.463 e. The molecule has 0 aliphatic carbocycles. The van der Waals surface area contributed by atoms with Crippen LogP contribution in [0.2, 0.25) is 0 Å². The molecule has 19 heavy (non-hydrogen) atoms. The lowest BCUT2D eigenvalue weighted by Gasteiger charge is -2.29. The van der Waals surface area contributed by atoms with Crippen molar-refractivity contribution in [1.82, 2.24) is 5.32 Å². The first-order valence-corrected chi connectivity index (χ1v) is 7.13. The van der Waals surface area contributed by atoms with Crippen LogP contribution >= 0.6 is 23.2 Å². The number of furan rings is 1. The second kappa shape index (κ2) is 5.85. The fraction of sp³-hybridized carbons (Fsp3) is 0.357. The van der Waals surface area contributed by atoms with E-state index in [1.165, 1.54) is 6.26 Å². The quantitative estimate of drug-likeness (QED) is 0.854. The SMILES string of the molecule is CCC(CCl)(CCl)NC(=O)c1coc2ccccc12. The second-order valence-corrected chi connectivity index (χ2v) is 5.04. The van der Waals surface area contributed by atoms with Gasteiger partial charge in [0.15, 0.2) is 0 Å². The van der Waals surface area contributed by atoms with Crippen molar-refractivity contribution in [2.24, 2.45) is 0 Å². The van der Waals surface area contributed by atoms with Crippen LogP contribution < -0.4 is 5.32 Å². The number of fused-ring (bicyclic) bond motifs is 1. The number of amides is 1. The van der Waals surface area contributed by atoms with Gasteiger partial charge in [0.25, 0.3) is 5.91 Å². The molecule has 1 aromatic heterocycles. The third-order valence-electron chi connectivity index (χ3n) is 3.29. The monoisotopic (exact) mass is 299 g/mol.